The van der Waals surface area contributed by atoms with Crippen LogP contribution in [-0.2, 0) is 0 Å². The molecule has 0 amide bonds. The fourth-order valence-corrected chi connectivity index (χ4v) is 2.54. The Bertz CT molecular complexity index is 682. The molecule has 0 aliphatic rings. The molecule has 2 rings (SSSR count). The maximum atomic E-state index is 12.1. The van der Waals surface area contributed by atoms with E-state index in [1.165, 1.54) is 12.1 Å². The molecule has 0 bridgehead atoms. The van der Waals surface area contributed by atoms with Crippen molar-refractivity contribution in [2.45, 2.75) is 26.7 Å². The van der Waals surface area contributed by atoms with Crippen LogP contribution in [0, 0.1) is 13.8 Å². The van der Waals surface area contributed by atoms with Gasteiger partial charge in [0, 0.05) is 12.0 Å². The van der Waals surface area contributed by atoms with Crippen molar-refractivity contribution in [1.82, 2.24) is 0 Å². The summed E-state index contributed by atoms with van der Waals surface area (Å²) < 4.78 is 5.75. The molecule has 0 radical (unpaired) electrons. The lowest BCUT2D eigenvalue weighted by atomic mass is 10.1. The summed E-state index contributed by atoms with van der Waals surface area (Å²) in [7, 11) is 0. The van der Waals surface area contributed by atoms with Gasteiger partial charge >= 0.3 is 0 Å². The summed E-state index contributed by atoms with van der Waals surface area (Å²) in [6.07, 6.45) is 0.817. The molecular formula is C18H19ClO4. The van der Waals surface area contributed by atoms with Crippen LogP contribution in [0.25, 0.3) is 0 Å². The van der Waals surface area contributed by atoms with Crippen LogP contribution in [0.3, 0.4) is 0 Å². The minimum Gasteiger partial charge on any atom is -0.504 e. The molecule has 2 aromatic carbocycles. The van der Waals surface area contributed by atoms with E-state index in [2.05, 4.69) is 0 Å². The van der Waals surface area contributed by atoms with Gasteiger partial charge in [-0.25, -0.2) is 0 Å². The zero-order valence-corrected chi connectivity index (χ0v) is 13.9. The van der Waals surface area contributed by atoms with E-state index in [1.807, 2.05) is 32.0 Å². The number of phenols is 2. The molecule has 2 N–H and O–H groups in total. The Hall–Kier alpha value is -2.20. The normalized spacial score (nSPS) is 10.6. The first-order valence-electron chi connectivity index (χ1n) is 7.34. The van der Waals surface area contributed by atoms with Gasteiger partial charge in [-0.3, -0.25) is 4.79 Å². The number of halogens is 1. The van der Waals surface area contributed by atoms with Crippen molar-refractivity contribution in [2.24, 2.45) is 0 Å². The second-order valence-corrected chi connectivity index (χ2v) is 5.83. The Labute approximate surface area is 140 Å². The van der Waals surface area contributed by atoms with Crippen molar-refractivity contribution in [1.29, 1.82) is 0 Å². The Kier molecular flexibility index (Phi) is 5.50. The second kappa shape index (κ2) is 7.38. The Morgan fingerprint density at radius 3 is 2.43 bits per heavy atom. The van der Waals surface area contributed by atoms with E-state index in [-0.39, 0.29) is 22.8 Å². The smallest absolute Gasteiger partial charge is 0.176 e. The van der Waals surface area contributed by atoms with Crippen molar-refractivity contribution in [3.63, 3.8) is 0 Å². The van der Waals surface area contributed by atoms with Crippen LogP contribution in [0.15, 0.2) is 30.3 Å². The molecule has 0 aliphatic heterocycles. The SMILES string of the molecule is Cc1cccc(C)c1OCCCC(=O)c1cc(O)c(O)c(Cl)c1. The standard InChI is InChI=1S/C18H19ClO4/c1-11-5-3-6-12(2)18(11)23-8-4-7-15(20)13-9-14(19)17(22)16(21)10-13/h3,5-6,9-10,21-22H,4,7-8H2,1-2H3. The number of rotatable bonds is 6. The number of hydrogen-bond donors (Lipinski definition) is 2. The van der Waals surface area contributed by atoms with Crippen molar-refractivity contribution in [3.05, 3.63) is 52.0 Å². The Balaban J connectivity index is 1.90. The average Bonchev–Trinajstić information content (AvgIpc) is 2.50. The molecule has 0 fully saturated rings. The highest BCUT2D eigenvalue weighted by molar-refractivity contribution is 6.32. The van der Waals surface area contributed by atoms with Gasteiger partial charge in [-0.2, -0.15) is 0 Å². The molecule has 0 aliphatic carbocycles. The van der Waals surface area contributed by atoms with E-state index in [0.717, 1.165) is 16.9 Å². The number of ketones is 1. The first kappa shape index (κ1) is 17.2. The maximum Gasteiger partial charge on any atom is 0.176 e. The highest BCUT2D eigenvalue weighted by atomic mass is 35.5. The molecule has 0 spiro atoms. The minimum atomic E-state index is -0.415. The van der Waals surface area contributed by atoms with Crippen LogP contribution in [-0.4, -0.2) is 22.6 Å². The first-order chi connectivity index (χ1) is 10.9. The molecule has 0 saturated heterocycles. The van der Waals surface area contributed by atoms with Gasteiger partial charge < -0.3 is 14.9 Å². The number of carbonyl (C=O) groups is 1. The van der Waals surface area contributed by atoms with Crippen molar-refractivity contribution < 1.29 is 19.7 Å². The summed E-state index contributed by atoms with van der Waals surface area (Å²) in [6, 6.07) is 8.51. The van der Waals surface area contributed by atoms with Crippen molar-refractivity contribution >= 4 is 17.4 Å². The van der Waals surface area contributed by atoms with Crippen LogP contribution in [0.5, 0.6) is 17.2 Å². The third-order valence-electron chi connectivity index (χ3n) is 3.57. The third kappa shape index (κ3) is 4.17. The lowest BCUT2D eigenvalue weighted by molar-refractivity contribution is 0.0973. The van der Waals surface area contributed by atoms with E-state index >= 15 is 0 Å². The van der Waals surface area contributed by atoms with Crippen LogP contribution >= 0.6 is 11.6 Å². The van der Waals surface area contributed by atoms with E-state index in [4.69, 9.17) is 16.3 Å². The number of aryl methyl sites for hydroxylation is 2. The van der Waals surface area contributed by atoms with Crippen LogP contribution < -0.4 is 4.74 Å². The molecule has 23 heavy (non-hydrogen) atoms. The molecular weight excluding hydrogens is 316 g/mol. The number of carbonyl (C=O) groups excluding carboxylic acids is 1. The predicted molar refractivity (Wildman–Crippen MR) is 89.8 cm³/mol. The molecule has 0 heterocycles. The minimum absolute atomic E-state index is 0.0415. The Morgan fingerprint density at radius 2 is 1.83 bits per heavy atom. The Morgan fingerprint density at radius 1 is 1.17 bits per heavy atom. The van der Waals surface area contributed by atoms with Gasteiger partial charge in [-0.1, -0.05) is 29.8 Å². The summed E-state index contributed by atoms with van der Waals surface area (Å²) in [6.45, 7) is 4.39. The summed E-state index contributed by atoms with van der Waals surface area (Å²) in [5.74, 6) is -0.119. The molecule has 0 aromatic heterocycles. The molecule has 5 heteroatoms. The van der Waals surface area contributed by atoms with Gasteiger partial charge in [0.05, 0.1) is 11.6 Å². The number of ether oxygens (including phenoxy) is 1. The van der Waals surface area contributed by atoms with Gasteiger partial charge in [-0.15, -0.1) is 0 Å². The topological polar surface area (TPSA) is 66.8 Å². The monoisotopic (exact) mass is 334 g/mol. The van der Waals surface area contributed by atoms with Crippen LogP contribution in [0.2, 0.25) is 5.02 Å². The maximum absolute atomic E-state index is 12.1. The largest absolute Gasteiger partial charge is 0.504 e. The highest BCUT2D eigenvalue weighted by Crippen LogP contribution is 2.34. The first-order valence-corrected chi connectivity index (χ1v) is 7.71. The van der Waals surface area contributed by atoms with Gasteiger partial charge in [-0.05, 0) is 43.5 Å². The van der Waals surface area contributed by atoms with E-state index in [0.29, 0.717) is 13.0 Å². The quantitative estimate of drug-likeness (QED) is 0.466. The van der Waals surface area contributed by atoms with Crippen molar-refractivity contribution in [3.8, 4) is 17.2 Å². The van der Waals surface area contributed by atoms with E-state index in [9.17, 15) is 15.0 Å². The van der Waals surface area contributed by atoms with Gasteiger partial charge in [0.25, 0.3) is 0 Å². The summed E-state index contributed by atoms with van der Waals surface area (Å²) in [5.41, 5.74) is 2.40. The number of Topliss-reactive ketones (excluding diaryl/α,β-unsaturated/α-hetero) is 1. The molecule has 0 saturated carbocycles. The summed E-state index contributed by atoms with van der Waals surface area (Å²) in [4.78, 5) is 12.1. The van der Waals surface area contributed by atoms with Crippen molar-refractivity contribution in [2.75, 3.05) is 6.61 Å². The predicted octanol–water partition coefficient (Wildman–Crippen LogP) is 4.41. The lowest BCUT2D eigenvalue weighted by Gasteiger charge is -2.11. The summed E-state index contributed by atoms with van der Waals surface area (Å²) in [5, 5.41) is 18.8. The number of phenolic OH excluding ortho intramolecular Hbond substituents is 2. The molecule has 0 unspecified atom stereocenters. The fourth-order valence-electron chi connectivity index (χ4n) is 2.32. The number of para-hydroxylation sites is 1. The third-order valence-corrected chi connectivity index (χ3v) is 3.86. The molecule has 122 valence electrons. The molecule has 2 aromatic rings. The molecule has 0 atom stereocenters. The van der Waals surface area contributed by atoms with E-state index < -0.39 is 11.5 Å². The summed E-state index contributed by atoms with van der Waals surface area (Å²) >= 11 is 5.75. The zero-order valence-electron chi connectivity index (χ0n) is 13.1. The number of aromatic hydroxyl groups is 2. The highest BCUT2D eigenvalue weighted by Gasteiger charge is 2.13. The average molecular weight is 335 g/mol. The number of hydrogen-bond acceptors (Lipinski definition) is 4. The fraction of sp³-hybridized carbons (Fsp3) is 0.278. The van der Waals surface area contributed by atoms with Gasteiger partial charge in [0.1, 0.15) is 5.75 Å². The van der Waals surface area contributed by atoms with Crippen LogP contribution in [0.4, 0.5) is 0 Å². The van der Waals surface area contributed by atoms with Crippen LogP contribution in [0.1, 0.15) is 34.3 Å². The van der Waals surface area contributed by atoms with Gasteiger partial charge in [0.2, 0.25) is 0 Å². The lowest BCUT2D eigenvalue weighted by Crippen LogP contribution is -2.05. The second-order valence-electron chi connectivity index (χ2n) is 5.42. The number of benzene rings is 2. The molecule has 4 nitrogen and oxygen atoms in total. The van der Waals surface area contributed by atoms with Gasteiger partial charge in [0.15, 0.2) is 17.3 Å². The van der Waals surface area contributed by atoms with E-state index in [1.54, 1.807) is 0 Å². The zero-order chi connectivity index (χ0) is 17.0.